The molecule has 0 spiro atoms. The van der Waals surface area contributed by atoms with Crippen LogP contribution in [0.1, 0.15) is 19.3 Å². The van der Waals surface area contributed by atoms with E-state index in [2.05, 4.69) is 10.0 Å². The van der Waals surface area contributed by atoms with Crippen molar-refractivity contribution in [3.8, 4) is 0 Å². The lowest BCUT2D eigenvalue weighted by atomic mass is 10.1. The van der Waals surface area contributed by atoms with E-state index in [-0.39, 0.29) is 12.0 Å². The van der Waals surface area contributed by atoms with E-state index in [1.807, 2.05) is 0 Å². The number of nitrogens with zero attached hydrogens (tertiary/aromatic N) is 3. The van der Waals surface area contributed by atoms with E-state index in [1.165, 1.54) is 0 Å². The third-order valence-corrected chi connectivity index (χ3v) is 1.61. The maximum atomic E-state index is 10.7. The molecule has 1 saturated heterocycles. The van der Waals surface area contributed by atoms with Crippen molar-refractivity contribution < 1.29 is 9.53 Å². The molecule has 1 atom stereocenters. The number of carbonyl (C=O) groups is 1. The summed E-state index contributed by atoms with van der Waals surface area (Å²) in [6.45, 7) is 0.377. The van der Waals surface area contributed by atoms with E-state index in [0.717, 1.165) is 0 Å². The van der Waals surface area contributed by atoms with E-state index in [4.69, 9.17) is 10.3 Å². The lowest BCUT2D eigenvalue weighted by Gasteiger charge is -2.01. The summed E-state index contributed by atoms with van der Waals surface area (Å²) in [5, 5.41) is 3.53. The zero-order chi connectivity index (χ0) is 8.10. The average Bonchev–Trinajstić information content (AvgIpc) is 2.17. The maximum absolute atomic E-state index is 10.7. The van der Waals surface area contributed by atoms with Crippen molar-refractivity contribution in [1.29, 1.82) is 0 Å². The second-order valence-corrected chi connectivity index (χ2v) is 2.41. The van der Waals surface area contributed by atoms with Crippen molar-refractivity contribution in [1.82, 2.24) is 0 Å². The smallest absolute Gasteiger partial charge is 0.305 e. The molecule has 11 heavy (non-hydrogen) atoms. The Balaban J connectivity index is 2.45. The molecule has 60 valence electrons. The molecule has 0 aromatic heterocycles. The third-order valence-electron chi connectivity index (χ3n) is 1.61. The van der Waals surface area contributed by atoms with Crippen LogP contribution in [0.4, 0.5) is 0 Å². The molecule has 1 aliphatic rings. The van der Waals surface area contributed by atoms with Crippen molar-refractivity contribution in [2.75, 3.05) is 6.61 Å². The highest BCUT2D eigenvalue weighted by Gasteiger charge is 2.15. The first-order valence-corrected chi connectivity index (χ1v) is 3.53. The molecule has 0 bridgehead atoms. The van der Waals surface area contributed by atoms with Gasteiger partial charge in [-0.15, -0.1) is 0 Å². The molecule has 0 aromatic carbocycles. The SMILES string of the molecule is [N-]=[N+]=NC1CCOC(=O)CC1. The Hall–Kier alpha value is -1.22. The van der Waals surface area contributed by atoms with Crippen LogP contribution in [0.15, 0.2) is 5.11 Å². The minimum Gasteiger partial charge on any atom is -0.466 e. The van der Waals surface area contributed by atoms with E-state index in [9.17, 15) is 4.79 Å². The van der Waals surface area contributed by atoms with Gasteiger partial charge in [0.15, 0.2) is 0 Å². The van der Waals surface area contributed by atoms with Gasteiger partial charge in [-0.05, 0) is 18.4 Å². The molecular weight excluding hydrogens is 146 g/mol. The fraction of sp³-hybridized carbons (Fsp3) is 0.833. The highest BCUT2D eigenvalue weighted by molar-refractivity contribution is 5.69. The first-order valence-electron chi connectivity index (χ1n) is 3.53. The summed E-state index contributed by atoms with van der Waals surface area (Å²) >= 11 is 0. The molecule has 1 rings (SSSR count). The number of carbonyl (C=O) groups excluding carboxylic acids is 1. The van der Waals surface area contributed by atoms with Gasteiger partial charge in [0, 0.05) is 17.4 Å². The molecule has 0 saturated carbocycles. The number of cyclic esters (lactones) is 1. The van der Waals surface area contributed by atoms with Crippen LogP contribution in [0.2, 0.25) is 0 Å². The monoisotopic (exact) mass is 155 g/mol. The molecule has 0 radical (unpaired) electrons. The van der Waals surface area contributed by atoms with Gasteiger partial charge in [-0.2, -0.15) is 0 Å². The molecule has 0 aromatic rings. The van der Waals surface area contributed by atoms with Gasteiger partial charge in [0.25, 0.3) is 0 Å². The highest BCUT2D eigenvalue weighted by atomic mass is 16.5. The van der Waals surface area contributed by atoms with Gasteiger partial charge in [-0.1, -0.05) is 5.11 Å². The average molecular weight is 155 g/mol. The fourth-order valence-electron chi connectivity index (χ4n) is 0.998. The Labute approximate surface area is 64.0 Å². The first-order chi connectivity index (χ1) is 5.33. The summed E-state index contributed by atoms with van der Waals surface area (Å²) in [5.41, 5.74) is 8.11. The second kappa shape index (κ2) is 3.83. The van der Waals surface area contributed by atoms with Crippen LogP contribution in [-0.4, -0.2) is 18.6 Å². The van der Waals surface area contributed by atoms with Crippen molar-refractivity contribution in [2.24, 2.45) is 5.11 Å². The van der Waals surface area contributed by atoms with Gasteiger partial charge in [0.2, 0.25) is 0 Å². The molecule has 0 amide bonds. The number of hydrogen-bond acceptors (Lipinski definition) is 3. The summed E-state index contributed by atoms with van der Waals surface area (Å²) < 4.78 is 4.76. The van der Waals surface area contributed by atoms with E-state index >= 15 is 0 Å². The van der Waals surface area contributed by atoms with Gasteiger partial charge >= 0.3 is 5.97 Å². The summed E-state index contributed by atoms with van der Waals surface area (Å²) in [6, 6.07) is -0.0635. The molecule has 5 nitrogen and oxygen atoms in total. The van der Waals surface area contributed by atoms with E-state index < -0.39 is 0 Å². The Bertz CT molecular complexity index is 198. The Morgan fingerprint density at radius 3 is 3.18 bits per heavy atom. The van der Waals surface area contributed by atoms with E-state index in [0.29, 0.717) is 25.9 Å². The third kappa shape index (κ3) is 2.47. The summed E-state index contributed by atoms with van der Waals surface area (Å²) in [5.74, 6) is -0.194. The summed E-state index contributed by atoms with van der Waals surface area (Å²) in [6.07, 6.45) is 1.63. The van der Waals surface area contributed by atoms with Crippen molar-refractivity contribution in [2.45, 2.75) is 25.3 Å². The van der Waals surface area contributed by atoms with Crippen LogP contribution >= 0.6 is 0 Å². The lowest BCUT2D eigenvalue weighted by Crippen LogP contribution is -2.02. The van der Waals surface area contributed by atoms with Gasteiger partial charge in [0.05, 0.1) is 6.61 Å². The van der Waals surface area contributed by atoms with Gasteiger partial charge in [-0.3, -0.25) is 4.79 Å². The first kappa shape index (κ1) is 7.88. The summed E-state index contributed by atoms with van der Waals surface area (Å²) in [4.78, 5) is 13.4. The normalized spacial score (nSPS) is 24.7. The van der Waals surface area contributed by atoms with Crippen molar-refractivity contribution in [3.05, 3.63) is 10.4 Å². The van der Waals surface area contributed by atoms with E-state index in [1.54, 1.807) is 0 Å². The lowest BCUT2D eigenvalue weighted by molar-refractivity contribution is -0.142. The standard InChI is InChI=1S/C6H9N3O2/c7-9-8-5-1-2-6(10)11-4-3-5/h5H,1-4H2. The number of ether oxygens (including phenoxy) is 1. The molecule has 5 heteroatoms. The topological polar surface area (TPSA) is 75.1 Å². The second-order valence-electron chi connectivity index (χ2n) is 2.41. The molecule has 0 aliphatic carbocycles. The molecular formula is C6H9N3O2. The minimum absolute atomic E-state index is 0.0635. The van der Waals surface area contributed by atoms with Crippen LogP contribution in [0.5, 0.6) is 0 Å². The van der Waals surface area contributed by atoms with Gasteiger partial charge in [0.1, 0.15) is 0 Å². The Morgan fingerprint density at radius 1 is 1.64 bits per heavy atom. The van der Waals surface area contributed by atoms with Crippen LogP contribution < -0.4 is 0 Å². The molecule has 1 heterocycles. The number of esters is 1. The number of rotatable bonds is 1. The van der Waals surface area contributed by atoms with Crippen LogP contribution in [-0.2, 0) is 9.53 Å². The molecule has 1 aliphatic heterocycles. The molecule has 1 fully saturated rings. The predicted molar refractivity (Wildman–Crippen MR) is 37.7 cm³/mol. The maximum Gasteiger partial charge on any atom is 0.305 e. The van der Waals surface area contributed by atoms with Crippen LogP contribution in [0.25, 0.3) is 10.4 Å². The van der Waals surface area contributed by atoms with Crippen LogP contribution in [0, 0.1) is 0 Å². The largest absolute Gasteiger partial charge is 0.466 e. The number of hydrogen-bond donors (Lipinski definition) is 0. The molecule has 0 N–H and O–H groups in total. The van der Waals surface area contributed by atoms with Gasteiger partial charge < -0.3 is 4.74 Å². The zero-order valence-electron chi connectivity index (χ0n) is 6.06. The Morgan fingerprint density at radius 2 is 2.45 bits per heavy atom. The van der Waals surface area contributed by atoms with Crippen LogP contribution in [0.3, 0.4) is 0 Å². The van der Waals surface area contributed by atoms with Crippen molar-refractivity contribution in [3.63, 3.8) is 0 Å². The molecule has 1 unspecified atom stereocenters. The number of azide groups is 1. The minimum atomic E-state index is -0.194. The summed E-state index contributed by atoms with van der Waals surface area (Å²) in [7, 11) is 0. The van der Waals surface area contributed by atoms with Gasteiger partial charge in [-0.25, -0.2) is 0 Å². The highest BCUT2D eigenvalue weighted by Crippen LogP contribution is 2.12. The Kier molecular flexibility index (Phi) is 2.74. The van der Waals surface area contributed by atoms with Crippen molar-refractivity contribution >= 4 is 5.97 Å². The zero-order valence-corrected chi connectivity index (χ0v) is 6.06. The predicted octanol–water partition coefficient (Wildman–Crippen LogP) is 1.39. The quantitative estimate of drug-likeness (QED) is 0.248. The fourth-order valence-corrected chi connectivity index (χ4v) is 0.998.